The monoisotopic (exact) mass is 391 g/mol. The molecule has 2 saturated heterocycles. The summed E-state index contributed by atoms with van der Waals surface area (Å²) in [5.41, 5.74) is 1.57. The molecule has 7 nitrogen and oxygen atoms in total. The second-order valence-electron chi connectivity index (χ2n) is 7.31. The molecule has 2 fully saturated rings. The van der Waals surface area contributed by atoms with Crippen molar-refractivity contribution in [2.24, 2.45) is 0 Å². The average molecular weight is 391 g/mol. The fourth-order valence-corrected chi connectivity index (χ4v) is 3.91. The number of cyclic esters (lactones) is 1. The van der Waals surface area contributed by atoms with Gasteiger partial charge in [0.15, 0.2) is 0 Å². The smallest absolute Gasteiger partial charge is 0.414 e. The summed E-state index contributed by atoms with van der Waals surface area (Å²) < 4.78 is 12.8. The lowest BCUT2D eigenvalue weighted by Gasteiger charge is -2.27. The van der Waals surface area contributed by atoms with Gasteiger partial charge in [-0.2, -0.15) is 0 Å². The third-order valence-electron chi connectivity index (χ3n) is 5.35. The highest BCUT2D eigenvalue weighted by atomic mass is 16.6. The number of carbonyl (C=O) groups excluding carboxylic acids is 2. The first-order valence-electron chi connectivity index (χ1n) is 9.68. The van der Waals surface area contributed by atoms with Crippen LogP contribution in [0.25, 0.3) is 10.8 Å². The second kappa shape index (κ2) is 7.25. The van der Waals surface area contributed by atoms with Crippen molar-refractivity contribution in [3.05, 3.63) is 60.9 Å². The molecule has 1 atom stereocenters. The molecular weight excluding hydrogens is 370 g/mol. The van der Waals surface area contributed by atoms with Gasteiger partial charge in [-0.15, -0.1) is 0 Å². The predicted molar refractivity (Wildman–Crippen MR) is 109 cm³/mol. The quantitative estimate of drug-likeness (QED) is 0.686. The van der Waals surface area contributed by atoms with E-state index in [1.807, 2.05) is 36.4 Å². The van der Waals surface area contributed by atoms with Gasteiger partial charge in [-0.25, -0.2) is 4.79 Å². The lowest BCUT2D eigenvalue weighted by atomic mass is 10.2. The van der Waals surface area contributed by atoms with Gasteiger partial charge in [0, 0.05) is 30.3 Å². The van der Waals surface area contributed by atoms with E-state index in [1.54, 1.807) is 9.80 Å². The molecule has 5 rings (SSSR count). The van der Waals surface area contributed by atoms with Crippen molar-refractivity contribution >= 4 is 34.1 Å². The predicted octanol–water partition coefficient (Wildman–Crippen LogP) is 3.03. The molecule has 148 valence electrons. The third-order valence-corrected chi connectivity index (χ3v) is 5.35. The van der Waals surface area contributed by atoms with Crippen LogP contribution in [-0.2, 0) is 20.8 Å². The molecule has 0 aliphatic carbocycles. The largest absolute Gasteiger partial charge is 0.442 e. The number of aromatic nitrogens is 1. The van der Waals surface area contributed by atoms with Crippen molar-refractivity contribution in [1.82, 2.24) is 4.57 Å². The van der Waals surface area contributed by atoms with Crippen LogP contribution in [0.2, 0.25) is 0 Å². The summed E-state index contributed by atoms with van der Waals surface area (Å²) in [6.45, 7) is 2.27. The number of nitrogens with zero attached hydrogens (tertiary/aromatic N) is 3. The number of ether oxygens (including phenoxy) is 2. The van der Waals surface area contributed by atoms with Gasteiger partial charge < -0.3 is 18.9 Å². The van der Waals surface area contributed by atoms with Crippen LogP contribution < -0.4 is 9.80 Å². The minimum Gasteiger partial charge on any atom is -0.442 e. The number of morpholine rings is 1. The maximum atomic E-state index is 12.4. The van der Waals surface area contributed by atoms with Crippen molar-refractivity contribution < 1.29 is 19.1 Å². The number of hydrogen-bond donors (Lipinski definition) is 0. The highest BCUT2D eigenvalue weighted by molar-refractivity contribution is 5.95. The molecule has 0 unspecified atom stereocenters. The number of hydrogen-bond acceptors (Lipinski definition) is 4. The van der Waals surface area contributed by atoms with Crippen molar-refractivity contribution in [1.29, 1.82) is 0 Å². The molecule has 2 aromatic carbocycles. The maximum Gasteiger partial charge on any atom is 0.414 e. The lowest BCUT2D eigenvalue weighted by Crippen LogP contribution is -2.41. The van der Waals surface area contributed by atoms with Crippen molar-refractivity contribution in [2.75, 3.05) is 36.1 Å². The Labute approximate surface area is 168 Å². The normalized spacial score (nSPS) is 19.8. The van der Waals surface area contributed by atoms with Gasteiger partial charge in [-0.05, 0) is 35.0 Å². The summed E-state index contributed by atoms with van der Waals surface area (Å²) in [5, 5.41) is 2.34. The molecule has 0 saturated carbocycles. The Morgan fingerprint density at radius 3 is 2.21 bits per heavy atom. The summed E-state index contributed by atoms with van der Waals surface area (Å²) in [4.78, 5) is 27.7. The first-order valence-corrected chi connectivity index (χ1v) is 9.68. The summed E-state index contributed by atoms with van der Waals surface area (Å²) in [7, 11) is 0. The van der Waals surface area contributed by atoms with E-state index in [-0.39, 0.29) is 24.7 Å². The van der Waals surface area contributed by atoms with Crippen molar-refractivity contribution in [3.63, 3.8) is 0 Å². The van der Waals surface area contributed by atoms with E-state index in [0.717, 1.165) is 11.4 Å². The number of rotatable bonds is 4. The number of amides is 2. The number of benzene rings is 2. The molecule has 7 heteroatoms. The fraction of sp³-hybridized carbons (Fsp3) is 0.273. The van der Waals surface area contributed by atoms with Crippen LogP contribution in [0.15, 0.2) is 60.9 Å². The van der Waals surface area contributed by atoms with Crippen molar-refractivity contribution in [2.45, 2.75) is 12.6 Å². The molecule has 2 aliphatic rings. The Hall–Kier alpha value is -3.32. The van der Waals surface area contributed by atoms with Crippen LogP contribution in [0, 0.1) is 0 Å². The van der Waals surface area contributed by atoms with E-state index < -0.39 is 0 Å². The molecular formula is C22H21N3O4. The first kappa shape index (κ1) is 17.8. The lowest BCUT2D eigenvalue weighted by molar-refractivity contribution is -0.125. The van der Waals surface area contributed by atoms with Crippen LogP contribution in [0.3, 0.4) is 0 Å². The van der Waals surface area contributed by atoms with E-state index in [2.05, 4.69) is 29.1 Å². The van der Waals surface area contributed by atoms with Crippen LogP contribution >= 0.6 is 0 Å². The van der Waals surface area contributed by atoms with E-state index in [0.29, 0.717) is 26.2 Å². The van der Waals surface area contributed by atoms with E-state index in [1.165, 1.54) is 10.8 Å². The Morgan fingerprint density at radius 1 is 0.897 bits per heavy atom. The topological polar surface area (TPSA) is 64.0 Å². The Kier molecular flexibility index (Phi) is 4.44. The third kappa shape index (κ3) is 3.45. The van der Waals surface area contributed by atoms with E-state index >= 15 is 0 Å². The zero-order valence-corrected chi connectivity index (χ0v) is 15.9. The second-order valence-corrected chi connectivity index (χ2v) is 7.31. The SMILES string of the molecule is O=C1COCCN1c1ccc(N2C[C@@H](Cn3cc4ccccc4c3)OC2=O)cc1. The molecule has 3 heterocycles. The summed E-state index contributed by atoms with van der Waals surface area (Å²) in [6.07, 6.45) is 3.58. The molecule has 2 aliphatic heterocycles. The van der Waals surface area contributed by atoms with E-state index in [4.69, 9.17) is 9.47 Å². The van der Waals surface area contributed by atoms with Crippen LogP contribution in [0.4, 0.5) is 16.2 Å². The minimum absolute atomic E-state index is 0.0521. The average Bonchev–Trinajstić information content (AvgIpc) is 3.31. The summed E-state index contributed by atoms with van der Waals surface area (Å²) >= 11 is 0. The molecule has 0 spiro atoms. The van der Waals surface area contributed by atoms with Crippen LogP contribution in [0.1, 0.15) is 0 Å². The van der Waals surface area contributed by atoms with Gasteiger partial charge >= 0.3 is 6.09 Å². The molecule has 0 radical (unpaired) electrons. The molecule has 0 bridgehead atoms. The zero-order chi connectivity index (χ0) is 19.8. The maximum absolute atomic E-state index is 12.4. The first-order chi connectivity index (χ1) is 14.2. The fourth-order valence-electron chi connectivity index (χ4n) is 3.91. The Morgan fingerprint density at radius 2 is 1.55 bits per heavy atom. The highest BCUT2D eigenvalue weighted by Crippen LogP contribution is 2.26. The Bertz CT molecular complexity index is 1030. The standard InChI is InChI=1S/C22H21N3O4/c26-21-15-28-10-9-24(21)18-5-7-19(8-6-18)25-14-20(29-22(25)27)13-23-11-16-3-1-2-4-17(16)12-23/h1-8,11-12,20H,9-10,13-15H2/t20-/m1/s1. The number of fused-ring (bicyclic) bond motifs is 1. The molecule has 3 aromatic rings. The minimum atomic E-state index is -0.345. The number of anilines is 2. The highest BCUT2D eigenvalue weighted by Gasteiger charge is 2.32. The van der Waals surface area contributed by atoms with Crippen LogP contribution in [-0.4, -0.2) is 49.0 Å². The molecule has 29 heavy (non-hydrogen) atoms. The van der Waals surface area contributed by atoms with Gasteiger partial charge in [0.05, 0.1) is 19.7 Å². The summed E-state index contributed by atoms with van der Waals surface area (Å²) in [6, 6.07) is 15.6. The molecule has 0 N–H and O–H groups in total. The van der Waals surface area contributed by atoms with Gasteiger partial charge in [0.2, 0.25) is 0 Å². The zero-order valence-electron chi connectivity index (χ0n) is 15.9. The van der Waals surface area contributed by atoms with Gasteiger partial charge in [0.1, 0.15) is 12.7 Å². The summed E-state index contributed by atoms with van der Waals surface area (Å²) in [5.74, 6) is -0.0521. The Balaban J connectivity index is 1.28. The number of carbonyl (C=O) groups is 2. The van der Waals surface area contributed by atoms with Crippen molar-refractivity contribution in [3.8, 4) is 0 Å². The van der Waals surface area contributed by atoms with Crippen LogP contribution in [0.5, 0.6) is 0 Å². The van der Waals surface area contributed by atoms with E-state index in [9.17, 15) is 9.59 Å². The van der Waals surface area contributed by atoms with Gasteiger partial charge in [-0.3, -0.25) is 9.69 Å². The molecule has 2 amide bonds. The van der Waals surface area contributed by atoms with Gasteiger partial charge in [0.25, 0.3) is 5.91 Å². The molecule has 1 aromatic heterocycles. The van der Waals surface area contributed by atoms with Gasteiger partial charge in [-0.1, -0.05) is 24.3 Å².